The van der Waals surface area contributed by atoms with Crippen molar-refractivity contribution in [2.45, 2.75) is 37.8 Å². The van der Waals surface area contributed by atoms with Gasteiger partial charge in [-0.3, -0.25) is 4.79 Å². The number of nitrogens with two attached hydrogens (primary N) is 1. The van der Waals surface area contributed by atoms with Crippen molar-refractivity contribution in [1.29, 1.82) is 0 Å². The zero-order valence-electron chi connectivity index (χ0n) is 14.0. The van der Waals surface area contributed by atoms with Gasteiger partial charge in [0.2, 0.25) is 5.91 Å². The molecule has 0 bridgehead atoms. The second kappa shape index (κ2) is 9.98. The van der Waals surface area contributed by atoms with E-state index in [1.165, 1.54) is 0 Å². The fourth-order valence-electron chi connectivity index (χ4n) is 2.08. The van der Waals surface area contributed by atoms with Crippen LogP contribution in [0.25, 0.3) is 0 Å². The Bertz CT molecular complexity index is 485. The summed E-state index contributed by atoms with van der Waals surface area (Å²) in [6, 6.07) is 5.58. The molecule has 6 heteroatoms. The van der Waals surface area contributed by atoms with Crippen LogP contribution in [0.2, 0.25) is 0 Å². The molecule has 0 aliphatic carbocycles. The van der Waals surface area contributed by atoms with Crippen molar-refractivity contribution < 1.29 is 9.53 Å². The van der Waals surface area contributed by atoms with Crippen molar-refractivity contribution in [1.82, 2.24) is 4.90 Å². The molecule has 0 heterocycles. The molecule has 126 valence electrons. The van der Waals surface area contributed by atoms with E-state index >= 15 is 0 Å². The van der Waals surface area contributed by atoms with Gasteiger partial charge in [0, 0.05) is 18.5 Å². The second-order valence-corrected chi connectivity index (χ2v) is 6.14. The summed E-state index contributed by atoms with van der Waals surface area (Å²) in [4.78, 5) is 15.1. The summed E-state index contributed by atoms with van der Waals surface area (Å²) in [5.74, 6) is 1.01. The molecule has 0 aliphatic heterocycles. The Hall–Kier alpha value is -0.910. The van der Waals surface area contributed by atoms with Crippen molar-refractivity contribution in [3.63, 3.8) is 0 Å². The van der Waals surface area contributed by atoms with E-state index in [0.717, 1.165) is 22.6 Å². The van der Waals surface area contributed by atoms with E-state index in [4.69, 9.17) is 10.5 Å². The van der Waals surface area contributed by atoms with Crippen molar-refractivity contribution in [2.75, 3.05) is 20.4 Å². The lowest BCUT2D eigenvalue weighted by molar-refractivity contribution is -0.132. The summed E-state index contributed by atoms with van der Waals surface area (Å²) in [5.41, 5.74) is 7.05. The van der Waals surface area contributed by atoms with E-state index in [1.807, 2.05) is 38.3 Å². The van der Waals surface area contributed by atoms with Crippen LogP contribution in [0.3, 0.4) is 0 Å². The van der Waals surface area contributed by atoms with Crippen molar-refractivity contribution in [2.24, 2.45) is 11.7 Å². The van der Waals surface area contributed by atoms with E-state index in [9.17, 15) is 4.79 Å². The van der Waals surface area contributed by atoms with Crippen LogP contribution in [0, 0.1) is 5.92 Å². The number of methoxy groups -OCH3 is 1. The molecule has 1 amide bonds. The first kappa shape index (κ1) is 21.1. The second-order valence-electron chi connectivity index (χ2n) is 5.29. The third kappa shape index (κ3) is 5.38. The zero-order valence-corrected chi connectivity index (χ0v) is 15.6. The number of hydrogen-bond donors (Lipinski definition) is 1. The molecule has 1 rings (SSSR count). The number of carbonyl (C=O) groups excluding carboxylic acids is 1. The van der Waals surface area contributed by atoms with Crippen LogP contribution in [0.15, 0.2) is 23.1 Å². The molecule has 0 fully saturated rings. The molecule has 0 saturated heterocycles. The minimum absolute atomic E-state index is 0. The van der Waals surface area contributed by atoms with E-state index in [1.54, 1.807) is 30.8 Å². The summed E-state index contributed by atoms with van der Waals surface area (Å²) in [6.07, 6.45) is 2.91. The molecule has 2 N–H and O–H groups in total. The van der Waals surface area contributed by atoms with Crippen LogP contribution in [0.4, 0.5) is 0 Å². The van der Waals surface area contributed by atoms with E-state index in [2.05, 4.69) is 0 Å². The standard InChI is InChI=1S/C16H26N2O2S.ClH/c1-6-11(2)15(17)16(19)18(3)10-12-7-8-14(21-5)13(9-12)20-4;/h7-9,11,15H,6,10,17H2,1-5H3;1H. The molecule has 0 spiro atoms. The summed E-state index contributed by atoms with van der Waals surface area (Å²) in [5, 5.41) is 0. The van der Waals surface area contributed by atoms with E-state index in [-0.39, 0.29) is 24.2 Å². The average Bonchev–Trinajstić information content (AvgIpc) is 2.52. The molecular weight excluding hydrogens is 320 g/mol. The summed E-state index contributed by atoms with van der Waals surface area (Å²) in [7, 11) is 3.45. The topological polar surface area (TPSA) is 55.6 Å². The van der Waals surface area contributed by atoms with Gasteiger partial charge >= 0.3 is 0 Å². The SMILES string of the molecule is CCC(C)C(N)C(=O)N(C)Cc1ccc(SC)c(OC)c1.Cl. The highest BCUT2D eigenvalue weighted by molar-refractivity contribution is 7.98. The molecule has 4 nitrogen and oxygen atoms in total. The van der Waals surface area contributed by atoms with E-state index in [0.29, 0.717) is 6.54 Å². The van der Waals surface area contributed by atoms with Gasteiger partial charge in [-0.1, -0.05) is 26.3 Å². The Morgan fingerprint density at radius 1 is 1.45 bits per heavy atom. The lowest BCUT2D eigenvalue weighted by atomic mass is 9.99. The number of thioether (sulfide) groups is 1. The molecule has 22 heavy (non-hydrogen) atoms. The Kier molecular flexibility index (Phi) is 9.56. The zero-order chi connectivity index (χ0) is 16.0. The lowest BCUT2D eigenvalue weighted by Gasteiger charge is -2.25. The molecule has 0 radical (unpaired) electrons. The van der Waals surface area contributed by atoms with E-state index < -0.39 is 6.04 Å². The maximum atomic E-state index is 12.3. The van der Waals surface area contributed by atoms with Gasteiger partial charge in [0.1, 0.15) is 5.75 Å². The lowest BCUT2D eigenvalue weighted by Crippen LogP contribution is -2.45. The van der Waals surface area contributed by atoms with Crippen LogP contribution < -0.4 is 10.5 Å². The third-order valence-electron chi connectivity index (χ3n) is 3.79. The number of carbonyl (C=O) groups is 1. The molecule has 2 atom stereocenters. The number of nitrogens with zero attached hydrogens (tertiary/aromatic N) is 1. The largest absolute Gasteiger partial charge is 0.496 e. The smallest absolute Gasteiger partial charge is 0.239 e. The van der Waals surface area contributed by atoms with Gasteiger partial charge in [-0.2, -0.15) is 0 Å². The number of halogens is 1. The Morgan fingerprint density at radius 3 is 2.59 bits per heavy atom. The highest BCUT2D eigenvalue weighted by Gasteiger charge is 2.22. The average molecular weight is 347 g/mol. The molecular formula is C16H27ClN2O2S. The summed E-state index contributed by atoms with van der Waals surface area (Å²) < 4.78 is 5.37. The monoisotopic (exact) mass is 346 g/mol. The van der Waals surface area contributed by atoms with Gasteiger partial charge in [0.05, 0.1) is 13.2 Å². The minimum Gasteiger partial charge on any atom is -0.496 e. The fourth-order valence-corrected chi connectivity index (χ4v) is 2.63. The quantitative estimate of drug-likeness (QED) is 0.770. The number of rotatable bonds is 7. The van der Waals surface area contributed by atoms with Gasteiger partial charge in [0.25, 0.3) is 0 Å². The number of benzene rings is 1. The number of ether oxygens (including phenoxy) is 1. The predicted octanol–water partition coefficient (Wildman–Crippen LogP) is 3.17. The Morgan fingerprint density at radius 2 is 2.09 bits per heavy atom. The van der Waals surface area contributed by atoms with Gasteiger partial charge in [-0.25, -0.2) is 0 Å². The number of hydrogen-bond acceptors (Lipinski definition) is 4. The minimum atomic E-state index is -0.438. The maximum absolute atomic E-state index is 12.3. The highest BCUT2D eigenvalue weighted by atomic mass is 35.5. The molecule has 0 aliphatic rings. The Balaban J connectivity index is 0.00000441. The number of amides is 1. The maximum Gasteiger partial charge on any atom is 0.239 e. The van der Waals surface area contributed by atoms with Crippen molar-refractivity contribution in [3.8, 4) is 5.75 Å². The van der Waals surface area contributed by atoms with Crippen LogP contribution in [0.5, 0.6) is 5.75 Å². The van der Waals surface area contributed by atoms with Crippen molar-refractivity contribution >= 4 is 30.1 Å². The fraction of sp³-hybridized carbons (Fsp3) is 0.562. The normalized spacial score (nSPS) is 13.0. The van der Waals surface area contributed by atoms with Crippen LogP contribution in [0.1, 0.15) is 25.8 Å². The molecule has 1 aromatic carbocycles. The van der Waals surface area contributed by atoms with Crippen LogP contribution in [-0.4, -0.2) is 37.3 Å². The van der Waals surface area contributed by atoms with Crippen LogP contribution in [-0.2, 0) is 11.3 Å². The third-order valence-corrected chi connectivity index (χ3v) is 4.56. The van der Waals surface area contributed by atoms with Gasteiger partial charge in [0.15, 0.2) is 0 Å². The molecule has 0 saturated carbocycles. The molecule has 0 aromatic heterocycles. The first-order valence-corrected chi connectivity index (χ1v) is 8.38. The first-order valence-electron chi connectivity index (χ1n) is 7.16. The van der Waals surface area contributed by atoms with Crippen molar-refractivity contribution in [3.05, 3.63) is 23.8 Å². The first-order chi connectivity index (χ1) is 9.94. The highest BCUT2D eigenvalue weighted by Crippen LogP contribution is 2.28. The van der Waals surface area contributed by atoms with Gasteiger partial charge in [-0.05, 0) is 29.9 Å². The van der Waals surface area contributed by atoms with Gasteiger partial charge in [-0.15, -0.1) is 24.2 Å². The molecule has 1 aromatic rings. The van der Waals surface area contributed by atoms with Crippen LogP contribution >= 0.6 is 24.2 Å². The Labute approximate surface area is 144 Å². The summed E-state index contributed by atoms with van der Waals surface area (Å²) >= 11 is 1.64. The predicted molar refractivity (Wildman–Crippen MR) is 95.9 cm³/mol. The summed E-state index contributed by atoms with van der Waals surface area (Å²) in [6.45, 7) is 4.59. The molecule has 2 unspecified atom stereocenters. The number of likely N-dealkylation sites (N-methyl/N-ethyl adjacent to an activating group) is 1. The van der Waals surface area contributed by atoms with Gasteiger partial charge < -0.3 is 15.4 Å².